The number of carbonyl (C=O) groups is 1. The minimum Gasteiger partial charge on any atom is -0.487 e. The van der Waals surface area contributed by atoms with Gasteiger partial charge in [-0.1, -0.05) is 42.0 Å². The third kappa shape index (κ3) is 5.66. The number of benzene rings is 2. The molecule has 0 saturated heterocycles. The van der Waals surface area contributed by atoms with Crippen molar-refractivity contribution in [1.29, 1.82) is 0 Å². The van der Waals surface area contributed by atoms with Crippen molar-refractivity contribution in [3.63, 3.8) is 0 Å². The van der Waals surface area contributed by atoms with Gasteiger partial charge in [-0.05, 0) is 51.3 Å². The first-order valence-corrected chi connectivity index (χ1v) is 12.5. The summed E-state index contributed by atoms with van der Waals surface area (Å²) >= 11 is 0. The van der Waals surface area contributed by atoms with Crippen LogP contribution in [-0.4, -0.2) is 37.1 Å². The van der Waals surface area contributed by atoms with Gasteiger partial charge in [-0.25, -0.2) is 13.9 Å². The van der Waals surface area contributed by atoms with Crippen LogP contribution in [0.2, 0.25) is 0 Å². The second-order valence-electron chi connectivity index (χ2n) is 8.47. The molecule has 178 valence electrons. The summed E-state index contributed by atoms with van der Waals surface area (Å²) in [5.41, 5.74) is 5.38. The molecule has 1 amide bonds. The number of ether oxygens (including phenoxy) is 2. The highest BCUT2D eigenvalue weighted by Crippen LogP contribution is 2.28. The molecule has 0 aliphatic carbocycles. The van der Waals surface area contributed by atoms with E-state index in [1.54, 1.807) is 12.1 Å². The highest BCUT2D eigenvalue weighted by Gasteiger charge is 2.43. The second-order valence-corrected chi connectivity index (χ2v) is 10.9. The van der Waals surface area contributed by atoms with E-state index in [1.165, 1.54) is 12.4 Å². The largest absolute Gasteiger partial charge is 0.487 e. The highest BCUT2D eigenvalue weighted by molar-refractivity contribution is 7.92. The van der Waals surface area contributed by atoms with Crippen molar-refractivity contribution in [3.8, 4) is 5.75 Å². The van der Waals surface area contributed by atoms with Crippen LogP contribution in [0.4, 0.5) is 0 Å². The van der Waals surface area contributed by atoms with E-state index in [0.29, 0.717) is 18.8 Å². The Bertz CT molecular complexity index is 1140. The van der Waals surface area contributed by atoms with Crippen LogP contribution < -0.4 is 15.5 Å². The Labute approximate surface area is 194 Å². The summed E-state index contributed by atoms with van der Waals surface area (Å²) in [6.45, 7) is 5.56. The molecule has 2 unspecified atom stereocenters. The Morgan fingerprint density at radius 3 is 2.52 bits per heavy atom. The van der Waals surface area contributed by atoms with Gasteiger partial charge in [-0.3, -0.25) is 10.0 Å². The summed E-state index contributed by atoms with van der Waals surface area (Å²) in [4.78, 5) is 11.9. The van der Waals surface area contributed by atoms with Gasteiger partial charge in [-0.15, -0.1) is 0 Å². The lowest BCUT2D eigenvalue weighted by atomic mass is 9.99. The van der Waals surface area contributed by atoms with E-state index in [0.717, 1.165) is 34.4 Å². The van der Waals surface area contributed by atoms with Crippen LogP contribution in [0.1, 0.15) is 43.2 Å². The lowest BCUT2D eigenvalue weighted by molar-refractivity contribution is -0.131. The van der Waals surface area contributed by atoms with E-state index < -0.39 is 20.5 Å². The molecule has 1 heterocycles. The van der Waals surface area contributed by atoms with Crippen molar-refractivity contribution < 1.29 is 27.9 Å². The number of hydroxylamine groups is 1. The molecule has 3 N–H and O–H groups in total. The number of amides is 1. The zero-order valence-electron chi connectivity index (χ0n) is 19.2. The fourth-order valence-corrected chi connectivity index (χ4v) is 4.40. The van der Waals surface area contributed by atoms with Crippen LogP contribution in [-0.2, 0) is 25.8 Å². The van der Waals surface area contributed by atoms with Gasteiger partial charge in [0.05, 0.1) is 5.70 Å². The molecular formula is C24H30N2O6S. The summed E-state index contributed by atoms with van der Waals surface area (Å²) in [6, 6.07) is 15.4. The van der Waals surface area contributed by atoms with E-state index in [4.69, 9.17) is 14.7 Å². The topological polar surface area (TPSA) is 114 Å². The van der Waals surface area contributed by atoms with Crippen molar-refractivity contribution in [3.05, 3.63) is 76.7 Å². The van der Waals surface area contributed by atoms with Crippen molar-refractivity contribution in [2.24, 2.45) is 0 Å². The molecule has 33 heavy (non-hydrogen) atoms. The fourth-order valence-electron chi connectivity index (χ4n) is 3.54. The van der Waals surface area contributed by atoms with E-state index in [1.807, 2.05) is 44.2 Å². The quantitative estimate of drug-likeness (QED) is 0.378. The molecule has 0 aromatic heterocycles. The minimum absolute atomic E-state index is 0.0338. The highest BCUT2D eigenvalue weighted by atomic mass is 32.2. The van der Waals surface area contributed by atoms with Crippen LogP contribution >= 0.6 is 0 Å². The maximum Gasteiger partial charge on any atom is 0.264 e. The molecule has 9 heteroatoms. The van der Waals surface area contributed by atoms with Crippen LogP contribution in [0, 0.1) is 6.92 Å². The van der Waals surface area contributed by atoms with Gasteiger partial charge in [0.15, 0.2) is 16.1 Å². The first kappa shape index (κ1) is 24.6. The van der Waals surface area contributed by atoms with E-state index >= 15 is 0 Å². The van der Waals surface area contributed by atoms with Crippen LogP contribution in [0.5, 0.6) is 5.75 Å². The van der Waals surface area contributed by atoms with Gasteiger partial charge in [0, 0.05) is 11.8 Å². The molecule has 1 aliphatic heterocycles. The predicted octanol–water partition coefficient (Wildman–Crippen LogP) is 3.17. The van der Waals surface area contributed by atoms with Gasteiger partial charge >= 0.3 is 0 Å². The van der Waals surface area contributed by atoms with Gasteiger partial charge in [0.1, 0.15) is 22.9 Å². The molecule has 2 atom stereocenters. The van der Waals surface area contributed by atoms with Crippen LogP contribution in [0.25, 0.3) is 0 Å². The zero-order valence-corrected chi connectivity index (χ0v) is 20.0. The number of hydrogen-bond acceptors (Lipinski definition) is 7. The molecule has 0 radical (unpaired) electrons. The Hall–Kier alpha value is -3.04. The summed E-state index contributed by atoms with van der Waals surface area (Å²) in [5.74, 6) is 0.489. The first-order valence-electron chi connectivity index (χ1n) is 10.6. The van der Waals surface area contributed by atoms with E-state index in [2.05, 4.69) is 11.4 Å². The minimum atomic E-state index is -3.73. The molecule has 0 saturated carbocycles. The summed E-state index contributed by atoms with van der Waals surface area (Å²) < 4.78 is 34.3. The molecule has 0 spiro atoms. The molecule has 2 aromatic carbocycles. The van der Waals surface area contributed by atoms with Gasteiger partial charge < -0.3 is 14.8 Å². The van der Waals surface area contributed by atoms with Crippen molar-refractivity contribution >= 4 is 15.7 Å². The smallest absolute Gasteiger partial charge is 0.264 e. The second kappa shape index (κ2) is 9.84. The molecule has 0 fully saturated rings. The molecule has 3 rings (SSSR count). The van der Waals surface area contributed by atoms with Crippen molar-refractivity contribution in [2.45, 2.75) is 44.6 Å². The van der Waals surface area contributed by atoms with E-state index in [-0.39, 0.29) is 12.6 Å². The molecule has 0 bridgehead atoms. The maximum atomic E-state index is 12.1. The lowest BCUT2D eigenvalue weighted by Gasteiger charge is -2.25. The number of sulfone groups is 1. The standard InChI is InChI=1S/C24H30N2O6S/c1-16-6-5-7-19(14-16)22-25-21(17(2)32-22)15-31-20-10-8-18(9-11-20)12-13-24(3,23(27)26-28)33(4,29)30/h5-11,14,22,25,28H,12-13,15H2,1-4H3,(H,26,27). The van der Waals surface area contributed by atoms with Crippen molar-refractivity contribution in [1.82, 2.24) is 10.8 Å². The van der Waals surface area contributed by atoms with Crippen LogP contribution in [0.3, 0.4) is 0 Å². The average Bonchev–Trinajstić information content (AvgIpc) is 3.16. The first-order chi connectivity index (χ1) is 15.5. The predicted molar refractivity (Wildman–Crippen MR) is 124 cm³/mol. The third-order valence-electron chi connectivity index (χ3n) is 5.97. The Morgan fingerprint density at radius 2 is 1.91 bits per heavy atom. The monoisotopic (exact) mass is 474 g/mol. The number of aryl methyl sites for hydroxylation is 2. The van der Waals surface area contributed by atoms with Gasteiger partial charge in [0.25, 0.3) is 5.91 Å². The molecule has 8 nitrogen and oxygen atoms in total. The number of hydrogen-bond donors (Lipinski definition) is 3. The Morgan fingerprint density at radius 1 is 1.21 bits per heavy atom. The Balaban J connectivity index is 1.57. The maximum absolute atomic E-state index is 12.1. The SMILES string of the molecule is CC1=C(COc2ccc(CCC(C)(C(=O)NO)S(C)(=O)=O)cc2)NC(c2cccc(C)c2)O1. The molecule has 1 aliphatic rings. The Kier molecular flexibility index (Phi) is 7.34. The fraction of sp³-hybridized carbons (Fsp3) is 0.375. The van der Waals surface area contributed by atoms with Gasteiger partial charge in [0.2, 0.25) is 0 Å². The summed E-state index contributed by atoms with van der Waals surface area (Å²) in [5, 5.41) is 12.3. The van der Waals surface area contributed by atoms with E-state index in [9.17, 15) is 13.2 Å². The molecular weight excluding hydrogens is 444 g/mol. The average molecular weight is 475 g/mol. The number of carbonyl (C=O) groups excluding carboxylic acids is 1. The van der Waals surface area contributed by atoms with Crippen molar-refractivity contribution in [2.75, 3.05) is 12.9 Å². The number of allylic oxidation sites excluding steroid dienone is 1. The number of nitrogens with one attached hydrogen (secondary N) is 2. The lowest BCUT2D eigenvalue weighted by Crippen LogP contribution is -2.49. The third-order valence-corrected chi connectivity index (χ3v) is 7.99. The normalized spacial score (nSPS) is 17.7. The summed E-state index contributed by atoms with van der Waals surface area (Å²) in [7, 11) is -3.73. The summed E-state index contributed by atoms with van der Waals surface area (Å²) in [6.07, 6.45) is 1.12. The molecule has 2 aromatic rings. The number of rotatable bonds is 9. The van der Waals surface area contributed by atoms with Gasteiger partial charge in [-0.2, -0.15) is 0 Å². The van der Waals surface area contributed by atoms with Crippen LogP contribution in [0.15, 0.2) is 60.0 Å². The zero-order chi connectivity index (χ0) is 24.2.